The van der Waals surface area contributed by atoms with Gasteiger partial charge in [-0.25, -0.2) is 14.4 Å². The number of amides is 1. The van der Waals surface area contributed by atoms with Crippen molar-refractivity contribution in [3.63, 3.8) is 0 Å². The van der Waals surface area contributed by atoms with Crippen molar-refractivity contribution >= 4 is 45.6 Å². The maximum atomic E-state index is 12.9. The summed E-state index contributed by atoms with van der Waals surface area (Å²) < 4.78 is 12.9. The molecule has 5 nitrogen and oxygen atoms in total. The molecule has 2 heterocycles. The molecule has 0 unspecified atom stereocenters. The van der Waals surface area contributed by atoms with E-state index >= 15 is 0 Å². The Kier molecular flexibility index (Phi) is 5.11. The van der Waals surface area contributed by atoms with Crippen molar-refractivity contribution in [3.05, 3.63) is 58.3 Å². The summed E-state index contributed by atoms with van der Waals surface area (Å²) in [5, 5.41) is 7.10. The van der Waals surface area contributed by atoms with Gasteiger partial charge >= 0.3 is 0 Å². The van der Waals surface area contributed by atoms with Gasteiger partial charge in [-0.3, -0.25) is 14.9 Å². The van der Waals surface area contributed by atoms with Crippen LogP contribution in [0.3, 0.4) is 0 Å². The van der Waals surface area contributed by atoms with E-state index in [1.54, 1.807) is 29.0 Å². The topological polar surface area (TPSA) is 72.0 Å². The zero-order valence-electron chi connectivity index (χ0n) is 13.0. The monoisotopic (exact) mass is 373 g/mol. The Balaban J connectivity index is 1.64. The Hall–Kier alpha value is -2.71. The van der Waals surface area contributed by atoms with Crippen molar-refractivity contribution in [2.75, 3.05) is 5.32 Å². The second kappa shape index (κ2) is 7.45. The minimum absolute atomic E-state index is 0.150. The molecule has 8 heteroatoms. The largest absolute Gasteiger partial charge is 0.298 e. The Morgan fingerprint density at radius 2 is 1.88 bits per heavy atom. The molecule has 0 bridgehead atoms. The third-order valence-electron chi connectivity index (χ3n) is 3.11. The number of hydrogen-bond donors (Lipinski definition) is 1. The van der Waals surface area contributed by atoms with Crippen LogP contribution < -0.4 is 5.32 Å². The zero-order valence-corrected chi connectivity index (χ0v) is 14.7. The van der Waals surface area contributed by atoms with Gasteiger partial charge in [0.15, 0.2) is 10.9 Å². The van der Waals surface area contributed by atoms with Crippen molar-refractivity contribution in [2.24, 2.45) is 0 Å². The van der Waals surface area contributed by atoms with Crippen molar-refractivity contribution in [1.82, 2.24) is 9.97 Å². The van der Waals surface area contributed by atoms with Gasteiger partial charge in [0.1, 0.15) is 16.5 Å². The summed E-state index contributed by atoms with van der Waals surface area (Å²) in [6.07, 6.45) is 2.93. The summed E-state index contributed by atoms with van der Waals surface area (Å²) in [4.78, 5) is 31.5. The summed E-state index contributed by atoms with van der Waals surface area (Å²) in [7, 11) is 0. The highest BCUT2D eigenvalue weighted by Crippen LogP contribution is 2.24. The summed E-state index contributed by atoms with van der Waals surface area (Å²) >= 11 is 2.59. The van der Waals surface area contributed by atoms with Gasteiger partial charge in [0.05, 0.1) is 5.69 Å². The third kappa shape index (κ3) is 4.43. The van der Waals surface area contributed by atoms with Gasteiger partial charge in [-0.2, -0.15) is 0 Å². The molecule has 0 saturated carbocycles. The first-order valence-electron chi connectivity index (χ1n) is 7.18. The quantitative estimate of drug-likeness (QED) is 0.536. The number of aromatic nitrogens is 2. The lowest BCUT2D eigenvalue weighted by Gasteiger charge is -1.95. The van der Waals surface area contributed by atoms with Gasteiger partial charge in [0, 0.05) is 29.3 Å². The van der Waals surface area contributed by atoms with E-state index in [4.69, 9.17) is 0 Å². The number of thiazole rings is 2. The number of Topliss-reactive ketones (excluding diaryl/α,β-unsaturated/α-hetero) is 1. The number of carbonyl (C=O) groups excluding carboxylic acids is 2. The molecule has 0 radical (unpaired) electrons. The molecule has 0 saturated heterocycles. The fourth-order valence-corrected chi connectivity index (χ4v) is 3.44. The molecule has 0 aliphatic carbocycles. The van der Waals surface area contributed by atoms with Crippen LogP contribution in [0.15, 0.2) is 41.1 Å². The standard InChI is InChI=1S/C17H12FN3O2S2/c1-10(22)14-9-25-17(20-14)21-15(23)7-6-13-8-24-16(19-13)11-2-4-12(18)5-3-11/h2-9H,1H3,(H,20,21,23). The Labute approximate surface area is 150 Å². The molecular formula is C17H12FN3O2S2. The number of rotatable bonds is 5. The van der Waals surface area contributed by atoms with Crippen LogP contribution in [0.25, 0.3) is 16.6 Å². The minimum Gasteiger partial charge on any atom is -0.298 e. The molecule has 2 aromatic heterocycles. The van der Waals surface area contributed by atoms with Gasteiger partial charge in [0.25, 0.3) is 0 Å². The molecular weight excluding hydrogens is 361 g/mol. The molecule has 25 heavy (non-hydrogen) atoms. The number of nitrogens with one attached hydrogen (secondary N) is 1. The Bertz CT molecular complexity index is 945. The van der Waals surface area contributed by atoms with Crippen LogP contribution in [-0.4, -0.2) is 21.7 Å². The number of anilines is 1. The summed E-state index contributed by atoms with van der Waals surface area (Å²) in [6, 6.07) is 6.07. The van der Waals surface area contributed by atoms with Gasteiger partial charge in [0.2, 0.25) is 5.91 Å². The van der Waals surface area contributed by atoms with Crippen LogP contribution in [0.5, 0.6) is 0 Å². The normalized spacial score (nSPS) is 11.0. The van der Waals surface area contributed by atoms with Gasteiger partial charge in [-0.15, -0.1) is 22.7 Å². The third-order valence-corrected chi connectivity index (χ3v) is 4.78. The maximum Gasteiger partial charge on any atom is 0.250 e. The molecule has 126 valence electrons. The molecule has 0 aliphatic rings. The van der Waals surface area contributed by atoms with E-state index < -0.39 is 0 Å². The number of carbonyl (C=O) groups is 2. The Morgan fingerprint density at radius 3 is 2.56 bits per heavy atom. The van der Waals surface area contributed by atoms with Gasteiger partial charge in [-0.1, -0.05) is 0 Å². The van der Waals surface area contributed by atoms with Crippen LogP contribution >= 0.6 is 22.7 Å². The van der Waals surface area contributed by atoms with E-state index in [9.17, 15) is 14.0 Å². The van der Waals surface area contributed by atoms with E-state index in [0.717, 1.165) is 10.6 Å². The van der Waals surface area contributed by atoms with Crippen molar-refractivity contribution < 1.29 is 14.0 Å². The lowest BCUT2D eigenvalue weighted by atomic mass is 10.2. The first-order chi connectivity index (χ1) is 12.0. The zero-order chi connectivity index (χ0) is 17.8. The number of hydrogen-bond acceptors (Lipinski definition) is 6. The SMILES string of the molecule is CC(=O)c1csc(NC(=O)C=Cc2csc(-c3ccc(F)cc3)n2)n1. The molecule has 0 atom stereocenters. The van der Waals surface area contributed by atoms with Crippen LogP contribution in [-0.2, 0) is 4.79 Å². The van der Waals surface area contributed by atoms with Crippen LogP contribution in [0.2, 0.25) is 0 Å². The number of ketones is 1. The number of nitrogens with zero attached hydrogens (tertiary/aromatic N) is 2. The average molecular weight is 373 g/mol. The van der Waals surface area contributed by atoms with Crippen molar-refractivity contribution in [3.8, 4) is 10.6 Å². The van der Waals surface area contributed by atoms with E-state index in [0.29, 0.717) is 16.5 Å². The van der Waals surface area contributed by atoms with E-state index in [-0.39, 0.29) is 17.5 Å². The molecule has 1 aromatic carbocycles. The lowest BCUT2D eigenvalue weighted by molar-refractivity contribution is -0.111. The molecule has 3 aromatic rings. The highest BCUT2D eigenvalue weighted by Gasteiger charge is 2.08. The number of benzene rings is 1. The molecule has 0 fully saturated rings. The fraction of sp³-hybridized carbons (Fsp3) is 0.0588. The predicted molar refractivity (Wildman–Crippen MR) is 97.3 cm³/mol. The smallest absolute Gasteiger partial charge is 0.250 e. The minimum atomic E-state index is -0.360. The first-order valence-corrected chi connectivity index (χ1v) is 8.94. The first kappa shape index (κ1) is 17.1. The lowest BCUT2D eigenvalue weighted by Crippen LogP contribution is -2.07. The fourth-order valence-electron chi connectivity index (χ4n) is 1.89. The van der Waals surface area contributed by atoms with Crippen LogP contribution in [0.1, 0.15) is 23.1 Å². The van der Waals surface area contributed by atoms with Gasteiger partial charge in [-0.05, 0) is 30.3 Å². The van der Waals surface area contributed by atoms with Crippen molar-refractivity contribution in [2.45, 2.75) is 6.92 Å². The van der Waals surface area contributed by atoms with E-state index in [2.05, 4.69) is 15.3 Å². The summed E-state index contributed by atoms with van der Waals surface area (Å²) in [6.45, 7) is 1.42. The molecule has 1 amide bonds. The van der Waals surface area contributed by atoms with Crippen LogP contribution in [0.4, 0.5) is 9.52 Å². The Morgan fingerprint density at radius 1 is 1.12 bits per heavy atom. The highest BCUT2D eigenvalue weighted by molar-refractivity contribution is 7.14. The highest BCUT2D eigenvalue weighted by atomic mass is 32.1. The predicted octanol–water partition coefficient (Wildman–Crippen LogP) is 4.26. The summed E-state index contributed by atoms with van der Waals surface area (Å²) in [5.41, 5.74) is 1.77. The van der Waals surface area contributed by atoms with Gasteiger partial charge < -0.3 is 0 Å². The second-order valence-corrected chi connectivity index (χ2v) is 6.72. The molecule has 3 rings (SSSR count). The molecule has 1 N–H and O–H groups in total. The summed E-state index contributed by atoms with van der Waals surface area (Å²) in [5.74, 6) is -0.809. The average Bonchev–Trinajstić information content (AvgIpc) is 3.23. The van der Waals surface area contributed by atoms with E-state index in [1.165, 1.54) is 47.8 Å². The molecule has 0 spiro atoms. The van der Waals surface area contributed by atoms with Crippen molar-refractivity contribution in [1.29, 1.82) is 0 Å². The maximum absolute atomic E-state index is 12.9. The van der Waals surface area contributed by atoms with E-state index in [1.807, 2.05) is 0 Å². The second-order valence-electron chi connectivity index (χ2n) is 5.00. The van der Waals surface area contributed by atoms with Crippen LogP contribution in [0, 0.1) is 5.82 Å². The molecule has 0 aliphatic heterocycles. The number of halogens is 1.